The summed E-state index contributed by atoms with van der Waals surface area (Å²) >= 11 is 0. The third kappa shape index (κ3) is 4.52. The lowest BCUT2D eigenvalue weighted by Gasteiger charge is -2.19. The second kappa shape index (κ2) is 7.09. The molecular formula is C14H21FN2O2. The van der Waals surface area contributed by atoms with Crippen LogP contribution in [0.15, 0.2) is 18.2 Å². The van der Waals surface area contributed by atoms with E-state index in [9.17, 15) is 14.3 Å². The van der Waals surface area contributed by atoms with Crippen LogP contribution >= 0.6 is 0 Å². The Labute approximate surface area is 113 Å². The van der Waals surface area contributed by atoms with Gasteiger partial charge < -0.3 is 15.7 Å². The summed E-state index contributed by atoms with van der Waals surface area (Å²) in [6, 6.07) is 4.00. The van der Waals surface area contributed by atoms with Gasteiger partial charge in [-0.3, -0.25) is 4.79 Å². The normalized spacial score (nSPS) is 12.5. The molecule has 106 valence electrons. The Balaban J connectivity index is 2.70. The van der Waals surface area contributed by atoms with Gasteiger partial charge in [0, 0.05) is 19.2 Å². The molecule has 5 heteroatoms. The van der Waals surface area contributed by atoms with E-state index in [1.165, 1.54) is 12.1 Å². The highest BCUT2D eigenvalue weighted by molar-refractivity contribution is 5.81. The molecule has 0 saturated heterocycles. The van der Waals surface area contributed by atoms with E-state index in [0.717, 1.165) is 0 Å². The predicted octanol–water partition coefficient (Wildman–Crippen LogP) is 1.78. The Hall–Kier alpha value is -1.62. The van der Waals surface area contributed by atoms with E-state index < -0.39 is 5.82 Å². The third-order valence-electron chi connectivity index (χ3n) is 2.88. The summed E-state index contributed by atoms with van der Waals surface area (Å²) in [7, 11) is 1.58. The van der Waals surface area contributed by atoms with Crippen molar-refractivity contribution in [2.75, 3.05) is 7.05 Å². The van der Waals surface area contributed by atoms with Crippen molar-refractivity contribution in [3.63, 3.8) is 0 Å². The summed E-state index contributed by atoms with van der Waals surface area (Å²) in [5.41, 5.74) is 0.442. The number of para-hydroxylation sites is 1. The van der Waals surface area contributed by atoms with Crippen molar-refractivity contribution >= 4 is 5.91 Å². The van der Waals surface area contributed by atoms with Gasteiger partial charge in [-0.15, -0.1) is 0 Å². The zero-order valence-electron chi connectivity index (χ0n) is 11.5. The minimum Gasteiger partial charge on any atom is -0.505 e. The number of hydrogen-bond donors (Lipinski definition) is 3. The van der Waals surface area contributed by atoms with Crippen LogP contribution in [0.4, 0.5) is 4.39 Å². The van der Waals surface area contributed by atoms with Crippen molar-refractivity contribution in [1.29, 1.82) is 0 Å². The van der Waals surface area contributed by atoms with E-state index >= 15 is 0 Å². The maximum atomic E-state index is 13.2. The molecule has 1 aromatic rings. The standard InChI is InChI=1S/C14H21FN2O2/c1-9(2)7-12(14(19)16-3)17-8-10-5-4-6-11(15)13(10)18/h4-6,9,12,17-18H,7-8H2,1-3H3,(H,16,19). The van der Waals surface area contributed by atoms with Crippen LogP contribution in [-0.4, -0.2) is 24.1 Å². The van der Waals surface area contributed by atoms with E-state index in [1.54, 1.807) is 13.1 Å². The van der Waals surface area contributed by atoms with E-state index in [2.05, 4.69) is 10.6 Å². The van der Waals surface area contributed by atoms with Crippen LogP contribution in [0, 0.1) is 11.7 Å². The zero-order valence-corrected chi connectivity index (χ0v) is 11.5. The van der Waals surface area contributed by atoms with Crippen molar-refractivity contribution in [1.82, 2.24) is 10.6 Å². The number of amides is 1. The minimum atomic E-state index is -0.653. The summed E-state index contributed by atoms with van der Waals surface area (Å²) in [5.74, 6) is -0.768. The van der Waals surface area contributed by atoms with Crippen molar-refractivity contribution in [3.05, 3.63) is 29.6 Å². The number of phenolic OH excluding ortho intramolecular Hbond substituents is 1. The molecule has 0 saturated carbocycles. The van der Waals surface area contributed by atoms with Crippen molar-refractivity contribution in [3.8, 4) is 5.75 Å². The Kier molecular flexibility index (Phi) is 5.76. The van der Waals surface area contributed by atoms with Crippen LogP contribution in [0.25, 0.3) is 0 Å². The van der Waals surface area contributed by atoms with Crippen LogP contribution in [-0.2, 0) is 11.3 Å². The molecule has 1 amide bonds. The number of nitrogens with one attached hydrogen (secondary N) is 2. The molecule has 1 unspecified atom stereocenters. The molecule has 3 N–H and O–H groups in total. The quantitative estimate of drug-likeness (QED) is 0.737. The van der Waals surface area contributed by atoms with Gasteiger partial charge in [-0.2, -0.15) is 0 Å². The van der Waals surface area contributed by atoms with E-state index in [1.807, 2.05) is 13.8 Å². The molecule has 4 nitrogen and oxygen atoms in total. The highest BCUT2D eigenvalue weighted by Gasteiger charge is 2.18. The first-order chi connectivity index (χ1) is 8.95. The lowest BCUT2D eigenvalue weighted by Crippen LogP contribution is -2.43. The highest BCUT2D eigenvalue weighted by atomic mass is 19.1. The number of carbonyl (C=O) groups is 1. The summed E-state index contributed by atoms with van der Waals surface area (Å²) in [5, 5.41) is 15.2. The second-order valence-electron chi connectivity index (χ2n) is 4.92. The van der Waals surface area contributed by atoms with E-state index in [-0.39, 0.29) is 24.2 Å². The number of phenols is 1. The highest BCUT2D eigenvalue weighted by Crippen LogP contribution is 2.20. The van der Waals surface area contributed by atoms with Gasteiger partial charge >= 0.3 is 0 Å². The molecular weight excluding hydrogens is 247 g/mol. The van der Waals surface area contributed by atoms with Crippen LogP contribution in [0.1, 0.15) is 25.8 Å². The molecule has 0 fully saturated rings. The third-order valence-corrected chi connectivity index (χ3v) is 2.88. The Morgan fingerprint density at radius 3 is 2.68 bits per heavy atom. The second-order valence-corrected chi connectivity index (χ2v) is 4.92. The first-order valence-electron chi connectivity index (χ1n) is 6.37. The summed E-state index contributed by atoms with van der Waals surface area (Å²) < 4.78 is 13.2. The fourth-order valence-electron chi connectivity index (χ4n) is 1.86. The SMILES string of the molecule is CNC(=O)C(CC(C)C)NCc1cccc(F)c1O. The first-order valence-corrected chi connectivity index (χ1v) is 6.37. The Bertz CT molecular complexity index is 435. The summed E-state index contributed by atoms with van der Waals surface area (Å²) in [6.45, 7) is 4.29. The number of rotatable bonds is 6. The molecule has 0 aliphatic carbocycles. The molecule has 1 aromatic carbocycles. The molecule has 0 aromatic heterocycles. The zero-order chi connectivity index (χ0) is 14.4. The number of hydrogen-bond acceptors (Lipinski definition) is 3. The van der Waals surface area contributed by atoms with Crippen molar-refractivity contribution < 1.29 is 14.3 Å². The van der Waals surface area contributed by atoms with Gasteiger partial charge in [-0.1, -0.05) is 26.0 Å². The summed E-state index contributed by atoms with van der Waals surface area (Å²) in [4.78, 5) is 11.7. The topological polar surface area (TPSA) is 61.4 Å². The largest absolute Gasteiger partial charge is 0.505 e. The Morgan fingerprint density at radius 1 is 1.42 bits per heavy atom. The number of benzene rings is 1. The fourth-order valence-corrected chi connectivity index (χ4v) is 1.86. The van der Waals surface area contributed by atoms with Crippen molar-refractivity contribution in [2.45, 2.75) is 32.9 Å². The van der Waals surface area contributed by atoms with Gasteiger partial charge in [-0.25, -0.2) is 4.39 Å². The monoisotopic (exact) mass is 268 g/mol. The van der Waals surface area contributed by atoms with Gasteiger partial charge in [0.2, 0.25) is 5.91 Å². The molecule has 0 heterocycles. The van der Waals surface area contributed by atoms with Crippen LogP contribution in [0.5, 0.6) is 5.75 Å². The fraction of sp³-hybridized carbons (Fsp3) is 0.500. The lowest BCUT2D eigenvalue weighted by atomic mass is 10.0. The van der Waals surface area contributed by atoms with Crippen LogP contribution in [0.2, 0.25) is 0 Å². The predicted molar refractivity (Wildman–Crippen MR) is 72.2 cm³/mol. The van der Waals surface area contributed by atoms with Gasteiger partial charge in [0.05, 0.1) is 6.04 Å². The number of aromatic hydroxyl groups is 1. The smallest absolute Gasteiger partial charge is 0.236 e. The molecule has 1 rings (SSSR count). The average molecular weight is 268 g/mol. The molecule has 0 aliphatic heterocycles. The van der Waals surface area contributed by atoms with Crippen molar-refractivity contribution in [2.24, 2.45) is 5.92 Å². The molecule has 0 bridgehead atoms. The minimum absolute atomic E-state index is 0.107. The van der Waals surface area contributed by atoms with E-state index in [0.29, 0.717) is 17.9 Å². The molecule has 1 atom stereocenters. The Morgan fingerprint density at radius 2 is 2.11 bits per heavy atom. The maximum absolute atomic E-state index is 13.2. The number of likely N-dealkylation sites (N-methyl/N-ethyl adjacent to an activating group) is 1. The number of carbonyl (C=O) groups excluding carboxylic acids is 1. The lowest BCUT2D eigenvalue weighted by molar-refractivity contribution is -0.123. The van der Waals surface area contributed by atoms with Crippen LogP contribution in [0.3, 0.4) is 0 Å². The maximum Gasteiger partial charge on any atom is 0.236 e. The summed E-state index contributed by atoms with van der Waals surface area (Å²) in [6.07, 6.45) is 0.676. The van der Waals surface area contributed by atoms with Crippen LogP contribution < -0.4 is 10.6 Å². The molecule has 0 radical (unpaired) electrons. The van der Waals surface area contributed by atoms with Gasteiger partial charge in [0.15, 0.2) is 11.6 Å². The van der Waals surface area contributed by atoms with Gasteiger partial charge in [-0.05, 0) is 18.4 Å². The van der Waals surface area contributed by atoms with Gasteiger partial charge in [0.1, 0.15) is 0 Å². The molecule has 0 spiro atoms. The average Bonchev–Trinajstić information content (AvgIpc) is 2.37. The van der Waals surface area contributed by atoms with E-state index in [4.69, 9.17) is 0 Å². The molecule has 19 heavy (non-hydrogen) atoms. The number of halogens is 1. The first kappa shape index (κ1) is 15.4. The molecule has 0 aliphatic rings. The van der Waals surface area contributed by atoms with Gasteiger partial charge in [0.25, 0.3) is 0 Å².